The molecule has 3 nitrogen and oxygen atoms in total. The van der Waals surface area contributed by atoms with E-state index in [4.69, 9.17) is 0 Å². The Balaban J connectivity index is 2.26. The van der Waals surface area contributed by atoms with E-state index in [2.05, 4.69) is 5.32 Å². The summed E-state index contributed by atoms with van der Waals surface area (Å²) < 4.78 is 0. The monoisotopic (exact) mass is 124 g/mol. The molecule has 2 bridgehead atoms. The van der Waals surface area contributed by atoms with Gasteiger partial charge < -0.3 is 10.2 Å². The number of nitrogens with one attached hydrogen (secondary N) is 1. The molecule has 0 aromatic carbocycles. The predicted octanol–water partition coefficient (Wildman–Crippen LogP) is -0.0500. The Kier molecular flexibility index (Phi) is 0.806. The average Bonchev–Trinajstić information content (AvgIpc) is 2.09. The predicted molar refractivity (Wildman–Crippen MR) is 33.0 cm³/mol. The summed E-state index contributed by atoms with van der Waals surface area (Å²) in [6.07, 6.45) is 4.06. The van der Waals surface area contributed by atoms with Gasteiger partial charge in [0.2, 0.25) is 0 Å². The van der Waals surface area contributed by atoms with Crippen LogP contribution in [-0.4, -0.2) is 30.1 Å². The number of carbonyl (C=O) groups excluding carboxylic acids is 1. The molecule has 2 aliphatic heterocycles. The van der Waals surface area contributed by atoms with Crippen molar-refractivity contribution in [1.82, 2.24) is 10.2 Å². The van der Waals surface area contributed by atoms with Gasteiger partial charge in [-0.15, -0.1) is 0 Å². The third-order valence-corrected chi connectivity index (χ3v) is 1.71. The van der Waals surface area contributed by atoms with Crippen LogP contribution in [0.1, 0.15) is 0 Å². The van der Waals surface area contributed by atoms with Crippen molar-refractivity contribution in [2.45, 2.75) is 6.04 Å². The minimum absolute atomic E-state index is 0.0741. The Hall–Kier alpha value is -0.990. The van der Waals surface area contributed by atoms with Crippen LogP contribution in [0.2, 0.25) is 0 Å². The summed E-state index contributed by atoms with van der Waals surface area (Å²) in [5, 5.41) is 2.82. The fourth-order valence-corrected chi connectivity index (χ4v) is 1.23. The van der Waals surface area contributed by atoms with Gasteiger partial charge in [-0.2, -0.15) is 0 Å². The lowest BCUT2D eigenvalue weighted by molar-refractivity contribution is 0.221. The Morgan fingerprint density at radius 3 is 3.33 bits per heavy atom. The van der Waals surface area contributed by atoms with Gasteiger partial charge in [-0.1, -0.05) is 12.2 Å². The summed E-state index contributed by atoms with van der Waals surface area (Å²) in [4.78, 5) is 12.6. The van der Waals surface area contributed by atoms with Gasteiger partial charge >= 0.3 is 6.03 Å². The van der Waals surface area contributed by atoms with E-state index >= 15 is 0 Å². The molecule has 2 rings (SSSR count). The highest BCUT2D eigenvalue weighted by molar-refractivity contribution is 5.78. The number of carbonyl (C=O) groups is 1. The van der Waals surface area contributed by atoms with Crippen LogP contribution in [0.15, 0.2) is 12.2 Å². The number of hydrogen-bond donors (Lipinski definition) is 1. The van der Waals surface area contributed by atoms with Gasteiger partial charge in [-0.25, -0.2) is 4.79 Å². The van der Waals surface area contributed by atoms with E-state index < -0.39 is 0 Å². The molecule has 0 spiro atoms. The number of rotatable bonds is 0. The van der Waals surface area contributed by atoms with E-state index in [9.17, 15) is 4.79 Å². The molecular weight excluding hydrogens is 116 g/mol. The standard InChI is InChI=1S/C6H8N2O/c9-6-7-5-2-1-3-8(6)4-5/h1-2,5H,3-4H2,(H,7,9). The highest BCUT2D eigenvalue weighted by Crippen LogP contribution is 2.09. The number of hydrogen-bond acceptors (Lipinski definition) is 1. The smallest absolute Gasteiger partial charge is 0.318 e. The lowest BCUT2D eigenvalue weighted by Gasteiger charge is -2.13. The number of amides is 2. The van der Waals surface area contributed by atoms with Crippen LogP contribution in [0.5, 0.6) is 0 Å². The highest BCUT2D eigenvalue weighted by Gasteiger charge is 2.28. The number of nitrogens with zero attached hydrogens (tertiary/aromatic N) is 1. The lowest BCUT2D eigenvalue weighted by Crippen LogP contribution is -2.27. The molecule has 0 aliphatic carbocycles. The maximum absolute atomic E-state index is 10.8. The molecule has 0 radical (unpaired) electrons. The highest BCUT2D eigenvalue weighted by atomic mass is 16.2. The van der Waals surface area contributed by atoms with Crippen molar-refractivity contribution in [3.05, 3.63) is 12.2 Å². The second kappa shape index (κ2) is 1.50. The van der Waals surface area contributed by atoms with E-state index in [0.717, 1.165) is 13.1 Å². The molecule has 1 saturated heterocycles. The van der Waals surface area contributed by atoms with E-state index in [-0.39, 0.29) is 12.1 Å². The Morgan fingerprint density at radius 2 is 2.67 bits per heavy atom. The van der Waals surface area contributed by atoms with Crippen LogP contribution < -0.4 is 5.32 Å². The van der Waals surface area contributed by atoms with E-state index in [1.807, 2.05) is 12.2 Å². The second-order valence-electron chi connectivity index (χ2n) is 2.39. The first-order valence-electron chi connectivity index (χ1n) is 3.08. The zero-order chi connectivity index (χ0) is 6.27. The Labute approximate surface area is 53.3 Å². The van der Waals surface area contributed by atoms with Crippen molar-refractivity contribution in [3.63, 3.8) is 0 Å². The van der Waals surface area contributed by atoms with E-state index in [1.165, 1.54) is 0 Å². The lowest BCUT2D eigenvalue weighted by atomic mass is 10.2. The summed E-state index contributed by atoms with van der Waals surface area (Å²) in [6, 6.07) is 0.358. The fraction of sp³-hybridized carbons (Fsp3) is 0.500. The minimum atomic E-state index is 0.0741. The summed E-state index contributed by atoms with van der Waals surface area (Å²) in [6.45, 7) is 1.64. The molecule has 1 atom stereocenters. The Morgan fingerprint density at radius 1 is 1.78 bits per heavy atom. The third kappa shape index (κ3) is 0.608. The zero-order valence-electron chi connectivity index (χ0n) is 5.00. The van der Waals surface area contributed by atoms with Gasteiger partial charge in [-0.05, 0) is 0 Å². The van der Waals surface area contributed by atoms with Crippen LogP contribution in [-0.2, 0) is 0 Å². The van der Waals surface area contributed by atoms with Gasteiger partial charge in [0, 0.05) is 13.1 Å². The van der Waals surface area contributed by atoms with Crippen molar-refractivity contribution < 1.29 is 4.79 Å². The molecule has 9 heavy (non-hydrogen) atoms. The average molecular weight is 124 g/mol. The molecule has 0 saturated carbocycles. The van der Waals surface area contributed by atoms with E-state index in [1.54, 1.807) is 4.90 Å². The Bertz CT molecular complexity index is 176. The maximum atomic E-state index is 10.8. The van der Waals surface area contributed by atoms with Gasteiger partial charge in [0.15, 0.2) is 0 Å². The SMILES string of the molecule is O=C1NC2C=CCN1C2. The normalized spacial score (nSPS) is 30.9. The van der Waals surface area contributed by atoms with Gasteiger partial charge in [0.1, 0.15) is 0 Å². The molecule has 2 heterocycles. The first-order valence-corrected chi connectivity index (χ1v) is 3.08. The van der Waals surface area contributed by atoms with Crippen LogP contribution in [0, 0.1) is 0 Å². The molecule has 2 amide bonds. The summed E-state index contributed by atoms with van der Waals surface area (Å²) >= 11 is 0. The molecule has 3 heteroatoms. The van der Waals surface area contributed by atoms with Crippen molar-refractivity contribution in [2.24, 2.45) is 0 Å². The molecule has 0 aromatic rings. The van der Waals surface area contributed by atoms with Gasteiger partial charge in [0.25, 0.3) is 0 Å². The van der Waals surface area contributed by atoms with Gasteiger partial charge in [-0.3, -0.25) is 0 Å². The van der Waals surface area contributed by atoms with Crippen molar-refractivity contribution >= 4 is 6.03 Å². The summed E-state index contributed by atoms with van der Waals surface area (Å²) in [7, 11) is 0. The van der Waals surface area contributed by atoms with Crippen molar-refractivity contribution in [3.8, 4) is 0 Å². The van der Waals surface area contributed by atoms with Crippen molar-refractivity contribution in [2.75, 3.05) is 13.1 Å². The van der Waals surface area contributed by atoms with Gasteiger partial charge in [0.05, 0.1) is 6.04 Å². The first-order chi connectivity index (χ1) is 4.36. The molecular formula is C6H8N2O. The summed E-state index contributed by atoms with van der Waals surface area (Å²) in [5.74, 6) is 0. The van der Waals surface area contributed by atoms with Crippen LogP contribution >= 0.6 is 0 Å². The topological polar surface area (TPSA) is 32.3 Å². The molecule has 1 fully saturated rings. The summed E-state index contributed by atoms with van der Waals surface area (Å²) in [5.41, 5.74) is 0. The molecule has 48 valence electrons. The first kappa shape index (κ1) is 4.85. The molecule has 0 aromatic heterocycles. The van der Waals surface area contributed by atoms with Crippen molar-refractivity contribution in [1.29, 1.82) is 0 Å². The molecule has 1 N–H and O–H groups in total. The van der Waals surface area contributed by atoms with Crippen LogP contribution in [0.4, 0.5) is 4.79 Å². The second-order valence-corrected chi connectivity index (χ2v) is 2.39. The minimum Gasteiger partial charge on any atom is -0.330 e. The molecule has 2 aliphatic rings. The fourth-order valence-electron chi connectivity index (χ4n) is 1.23. The quantitative estimate of drug-likeness (QED) is 0.451. The number of fused-ring (bicyclic) bond motifs is 2. The number of urea groups is 1. The third-order valence-electron chi connectivity index (χ3n) is 1.71. The van der Waals surface area contributed by atoms with E-state index in [0.29, 0.717) is 0 Å². The molecule has 1 unspecified atom stereocenters. The zero-order valence-corrected chi connectivity index (χ0v) is 5.00. The largest absolute Gasteiger partial charge is 0.330 e. The maximum Gasteiger partial charge on any atom is 0.318 e. The van der Waals surface area contributed by atoms with Crippen LogP contribution in [0.3, 0.4) is 0 Å². The van der Waals surface area contributed by atoms with Crippen LogP contribution in [0.25, 0.3) is 0 Å².